The zero-order valence-electron chi connectivity index (χ0n) is 6.06. The molecule has 0 bridgehead atoms. The number of hydrogen-bond acceptors (Lipinski definition) is 4. The van der Waals surface area contributed by atoms with Gasteiger partial charge in [-0.25, -0.2) is 4.79 Å². The summed E-state index contributed by atoms with van der Waals surface area (Å²) in [7, 11) is 0. The SMILES string of the molecule is O=C=NSC(=O)c1ccccc1. The summed E-state index contributed by atoms with van der Waals surface area (Å²) in [5, 5.41) is -0.251. The summed E-state index contributed by atoms with van der Waals surface area (Å²) in [6.07, 6.45) is 1.29. The third-order valence-corrected chi connectivity index (χ3v) is 1.74. The molecule has 60 valence electrons. The molecule has 0 unspecified atom stereocenters. The van der Waals surface area contributed by atoms with Gasteiger partial charge in [-0.05, 0) is 0 Å². The van der Waals surface area contributed by atoms with Crippen LogP contribution in [0.4, 0.5) is 0 Å². The smallest absolute Gasteiger partial charge is 0.247 e. The Morgan fingerprint density at radius 1 is 1.33 bits per heavy atom. The van der Waals surface area contributed by atoms with Crippen LogP contribution in [-0.4, -0.2) is 11.2 Å². The van der Waals surface area contributed by atoms with E-state index in [0.29, 0.717) is 17.5 Å². The van der Waals surface area contributed by atoms with Crippen molar-refractivity contribution in [2.75, 3.05) is 0 Å². The summed E-state index contributed by atoms with van der Waals surface area (Å²) < 4.78 is 3.11. The van der Waals surface area contributed by atoms with Crippen LogP contribution < -0.4 is 0 Å². The molecule has 0 spiro atoms. The van der Waals surface area contributed by atoms with Gasteiger partial charge in [0, 0.05) is 5.56 Å². The molecule has 1 aromatic rings. The van der Waals surface area contributed by atoms with Crippen molar-refractivity contribution in [1.29, 1.82) is 0 Å². The van der Waals surface area contributed by atoms with Crippen LogP contribution in [0.15, 0.2) is 34.7 Å². The molecule has 0 radical (unpaired) electrons. The highest BCUT2D eigenvalue weighted by Gasteiger charge is 2.03. The minimum Gasteiger partial charge on any atom is -0.280 e. The first-order valence-corrected chi connectivity index (χ1v) is 3.95. The summed E-state index contributed by atoms with van der Waals surface area (Å²) in [4.78, 5) is 20.8. The van der Waals surface area contributed by atoms with Crippen LogP contribution >= 0.6 is 11.9 Å². The van der Waals surface area contributed by atoms with Crippen LogP contribution in [-0.2, 0) is 4.79 Å². The fourth-order valence-electron chi connectivity index (χ4n) is 0.687. The first-order valence-electron chi connectivity index (χ1n) is 3.18. The highest BCUT2D eigenvalue weighted by Crippen LogP contribution is 2.11. The Kier molecular flexibility index (Phi) is 3.26. The predicted molar refractivity (Wildman–Crippen MR) is 46.5 cm³/mol. The summed E-state index contributed by atoms with van der Waals surface area (Å²) in [6, 6.07) is 8.63. The molecule has 1 aromatic carbocycles. The Labute approximate surface area is 73.6 Å². The lowest BCUT2D eigenvalue weighted by molar-refractivity contribution is 0.108. The van der Waals surface area contributed by atoms with Crippen molar-refractivity contribution in [2.45, 2.75) is 0 Å². The Balaban J connectivity index is 2.72. The van der Waals surface area contributed by atoms with Crippen LogP contribution in [0.2, 0.25) is 0 Å². The number of rotatable bonds is 2. The van der Waals surface area contributed by atoms with Gasteiger partial charge in [0.05, 0.1) is 11.9 Å². The summed E-state index contributed by atoms with van der Waals surface area (Å²) in [6.45, 7) is 0. The van der Waals surface area contributed by atoms with E-state index in [2.05, 4.69) is 4.40 Å². The summed E-state index contributed by atoms with van der Waals surface area (Å²) in [5.41, 5.74) is 0.529. The Hall–Kier alpha value is -1.38. The number of nitrogens with zero attached hydrogens (tertiary/aromatic N) is 1. The molecule has 0 N–H and O–H groups in total. The molecule has 4 heteroatoms. The minimum atomic E-state index is -0.251. The second kappa shape index (κ2) is 4.49. The van der Waals surface area contributed by atoms with Crippen molar-refractivity contribution in [3.63, 3.8) is 0 Å². The molecular weight excluding hydrogens is 174 g/mol. The maximum atomic E-state index is 11.1. The second-order valence-electron chi connectivity index (χ2n) is 1.93. The van der Waals surface area contributed by atoms with Gasteiger partial charge < -0.3 is 0 Å². The predicted octanol–water partition coefficient (Wildman–Crippen LogP) is 1.81. The fourth-order valence-corrected chi connectivity index (χ4v) is 1.05. The van der Waals surface area contributed by atoms with Crippen LogP contribution in [0.25, 0.3) is 0 Å². The van der Waals surface area contributed by atoms with E-state index in [0.717, 1.165) is 0 Å². The van der Waals surface area contributed by atoms with Crippen molar-refractivity contribution in [1.82, 2.24) is 0 Å². The Bertz CT molecular complexity index is 317. The highest BCUT2D eigenvalue weighted by atomic mass is 32.2. The van der Waals surface area contributed by atoms with E-state index in [1.165, 1.54) is 6.08 Å². The van der Waals surface area contributed by atoms with Crippen LogP contribution in [0.1, 0.15) is 10.4 Å². The van der Waals surface area contributed by atoms with Gasteiger partial charge in [0.1, 0.15) is 0 Å². The van der Waals surface area contributed by atoms with Gasteiger partial charge in [0.2, 0.25) is 11.2 Å². The number of carbonyl (C=O) groups is 1. The van der Waals surface area contributed by atoms with Gasteiger partial charge in [-0.2, -0.15) is 0 Å². The van der Waals surface area contributed by atoms with Gasteiger partial charge in [-0.1, -0.05) is 30.3 Å². The van der Waals surface area contributed by atoms with Gasteiger partial charge in [0.15, 0.2) is 0 Å². The highest BCUT2D eigenvalue weighted by molar-refractivity contribution is 8.13. The van der Waals surface area contributed by atoms with Crippen molar-refractivity contribution in [3.8, 4) is 0 Å². The zero-order valence-corrected chi connectivity index (χ0v) is 6.88. The van der Waals surface area contributed by atoms with Crippen molar-refractivity contribution in [2.24, 2.45) is 4.40 Å². The monoisotopic (exact) mass is 179 g/mol. The molecule has 0 heterocycles. The lowest BCUT2D eigenvalue weighted by Gasteiger charge is -1.92. The van der Waals surface area contributed by atoms with E-state index in [1.807, 2.05) is 6.07 Å². The maximum absolute atomic E-state index is 11.1. The molecule has 0 fully saturated rings. The topological polar surface area (TPSA) is 46.5 Å². The Morgan fingerprint density at radius 2 is 2.00 bits per heavy atom. The van der Waals surface area contributed by atoms with Crippen LogP contribution in [0.5, 0.6) is 0 Å². The molecule has 0 aromatic heterocycles. The molecule has 0 aliphatic rings. The lowest BCUT2D eigenvalue weighted by atomic mass is 10.2. The van der Waals surface area contributed by atoms with Crippen LogP contribution in [0, 0.1) is 0 Å². The molecule has 0 aliphatic carbocycles. The van der Waals surface area contributed by atoms with E-state index in [4.69, 9.17) is 0 Å². The van der Waals surface area contributed by atoms with E-state index in [-0.39, 0.29) is 5.12 Å². The molecule has 0 saturated heterocycles. The van der Waals surface area contributed by atoms with Crippen LogP contribution in [0.3, 0.4) is 0 Å². The van der Waals surface area contributed by atoms with Gasteiger partial charge in [0.25, 0.3) is 0 Å². The zero-order chi connectivity index (χ0) is 8.81. The fraction of sp³-hybridized carbons (Fsp3) is 0. The van der Waals surface area contributed by atoms with Gasteiger partial charge in [-0.15, -0.1) is 4.40 Å². The second-order valence-corrected chi connectivity index (χ2v) is 2.66. The molecule has 0 atom stereocenters. The lowest BCUT2D eigenvalue weighted by Crippen LogP contribution is -1.89. The third-order valence-electron chi connectivity index (χ3n) is 1.18. The molecule has 1 rings (SSSR count). The minimum absolute atomic E-state index is 0.251. The van der Waals surface area contributed by atoms with E-state index in [9.17, 15) is 9.59 Å². The molecule has 0 aliphatic heterocycles. The summed E-state index contributed by atoms with van der Waals surface area (Å²) >= 11 is 0.592. The molecular formula is C8H5NO2S. The maximum Gasteiger partial charge on any atom is 0.247 e. The normalized spacial score (nSPS) is 8.67. The van der Waals surface area contributed by atoms with E-state index in [1.54, 1.807) is 24.3 Å². The van der Waals surface area contributed by atoms with Gasteiger partial charge in [-0.3, -0.25) is 4.79 Å². The van der Waals surface area contributed by atoms with E-state index >= 15 is 0 Å². The molecule has 12 heavy (non-hydrogen) atoms. The average molecular weight is 179 g/mol. The molecule has 0 amide bonds. The first kappa shape index (κ1) is 8.71. The first-order chi connectivity index (χ1) is 5.84. The number of benzene rings is 1. The summed E-state index contributed by atoms with van der Waals surface area (Å²) in [5.74, 6) is 0. The van der Waals surface area contributed by atoms with E-state index < -0.39 is 0 Å². The average Bonchev–Trinajstić information content (AvgIpc) is 2.15. The quantitative estimate of drug-likeness (QED) is 0.395. The number of isocyanates is 1. The van der Waals surface area contributed by atoms with Gasteiger partial charge >= 0.3 is 0 Å². The molecule has 0 saturated carbocycles. The Morgan fingerprint density at radius 3 is 2.58 bits per heavy atom. The largest absolute Gasteiger partial charge is 0.280 e. The number of carbonyl (C=O) groups excluding carboxylic acids is 2. The van der Waals surface area contributed by atoms with Crippen molar-refractivity contribution >= 4 is 23.1 Å². The number of hydrogen-bond donors (Lipinski definition) is 0. The van der Waals surface area contributed by atoms with Crippen molar-refractivity contribution in [3.05, 3.63) is 35.9 Å². The third kappa shape index (κ3) is 2.34. The molecule has 3 nitrogen and oxygen atoms in total. The van der Waals surface area contributed by atoms with Crippen molar-refractivity contribution < 1.29 is 9.59 Å². The standard InChI is InChI=1S/C8H5NO2S/c10-6-9-12-8(11)7-4-2-1-3-5-7/h1-5H.